The summed E-state index contributed by atoms with van der Waals surface area (Å²) in [5.74, 6) is 0. The fraction of sp³-hybridized carbons (Fsp3) is 0.179. The lowest BCUT2D eigenvalue weighted by atomic mass is 9.33. The molecule has 119 heavy (non-hydrogen) atoms. The molecule has 0 saturated heterocycles. The number of nitriles is 1. The van der Waals surface area contributed by atoms with E-state index in [0.29, 0.717) is 11.3 Å². The third kappa shape index (κ3) is 13.0. The van der Waals surface area contributed by atoms with E-state index in [2.05, 4.69) is 419 Å². The normalized spacial score (nSPS) is 12.9. The lowest BCUT2D eigenvalue weighted by molar-refractivity contribution is 0.590. The van der Waals surface area contributed by atoms with Gasteiger partial charge in [0.05, 0.1) is 51.6 Å². The number of hydrogen-bond donors (Lipinski definition) is 0. The molecule has 0 N–H and O–H groups in total. The smallest absolute Gasteiger partial charge is 0.252 e. The molecule has 0 radical (unpaired) electrons. The Balaban J connectivity index is 1.02. The largest absolute Gasteiger partial charge is 0.310 e. The molecule has 578 valence electrons. The summed E-state index contributed by atoms with van der Waals surface area (Å²) in [6.07, 6.45) is 0. The van der Waals surface area contributed by atoms with Crippen LogP contribution in [-0.4, -0.2) is 15.8 Å². The highest BCUT2D eigenvalue weighted by molar-refractivity contribution is 7.00. The second kappa shape index (κ2) is 28.2. The van der Waals surface area contributed by atoms with Crippen LogP contribution in [0.2, 0.25) is 0 Å². The Morgan fingerprint density at radius 3 is 0.924 bits per heavy atom. The highest BCUT2D eigenvalue weighted by Gasteiger charge is 2.47. The van der Waals surface area contributed by atoms with Crippen molar-refractivity contribution in [2.75, 3.05) is 9.80 Å². The van der Waals surface area contributed by atoms with E-state index in [-0.39, 0.29) is 28.4 Å². The Labute approximate surface area is 701 Å². The van der Waals surface area contributed by atoms with Gasteiger partial charge in [-0.25, -0.2) is 4.85 Å². The summed E-state index contributed by atoms with van der Waals surface area (Å²) in [6.45, 7) is 42.8. The first-order chi connectivity index (χ1) is 57.1. The lowest BCUT2D eigenvalue weighted by Crippen LogP contribution is -2.61. The maximum atomic E-state index is 10.7. The minimum Gasteiger partial charge on any atom is -0.310 e. The van der Waals surface area contributed by atoms with Crippen LogP contribution in [0.4, 0.5) is 39.8 Å². The van der Waals surface area contributed by atoms with Crippen LogP contribution in [0, 0.1) is 17.9 Å². The van der Waals surface area contributed by atoms with E-state index in [1.165, 1.54) is 54.8 Å². The molecular weight excluding hydrogens is 1440 g/mol. The molecule has 7 heteroatoms. The topological polar surface area (TPSA) is 44.5 Å². The minimum atomic E-state index is -0.434. The van der Waals surface area contributed by atoms with Gasteiger partial charge in [-0.1, -0.05) is 316 Å². The lowest BCUT2D eigenvalue weighted by Gasteiger charge is -2.46. The molecular formula is C112H97BN6. The molecule has 2 aromatic heterocycles. The molecule has 0 aliphatic carbocycles. The highest BCUT2D eigenvalue weighted by atomic mass is 15.2. The maximum absolute atomic E-state index is 10.7. The summed E-state index contributed by atoms with van der Waals surface area (Å²) < 4.78 is 4.97. The predicted molar refractivity (Wildman–Crippen MR) is 506 cm³/mol. The molecule has 19 rings (SSSR count). The van der Waals surface area contributed by atoms with Gasteiger partial charge in [0.15, 0.2) is 5.69 Å². The second-order valence-corrected chi connectivity index (χ2v) is 38.0. The van der Waals surface area contributed by atoms with Crippen LogP contribution < -0.4 is 26.2 Å². The van der Waals surface area contributed by atoms with Crippen molar-refractivity contribution in [1.29, 1.82) is 5.26 Å². The third-order valence-electron chi connectivity index (χ3n) is 25.1. The minimum absolute atomic E-state index is 0.124. The summed E-state index contributed by atoms with van der Waals surface area (Å²) in [4.78, 5) is 9.46. The Morgan fingerprint density at radius 2 is 0.605 bits per heavy atom. The van der Waals surface area contributed by atoms with Crippen molar-refractivity contribution >= 4 is 107 Å². The van der Waals surface area contributed by atoms with Gasteiger partial charge in [-0.05, 0) is 219 Å². The summed E-state index contributed by atoms with van der Waals surface area (Å²) in [7, 11) is 0. The highest BCUT2D eigenvalue weighted by Crippen LogP contribution is 2.57. The van der Waals surface area contributed by atoms with Crippen molar-refractivity contribution in [1.82, 2.24) is 9.13 Å². The zero-order valence-corrected chi connectivity index (χ0v) is 70.8. The van der Waals surface area contributed by atoms with Gasteiger partial charge in [0.2, 0.25) is 0 Å². The van der Waals surface area contributed by atoms with Crippen LogP contribution in [0.25, 0.3) is 127 Å². The van der Waals surface area contributed by atoms with Gasteiger partial charge in [-0.2, -0.15) is 5.26 Å². The summed E-state index contributed by atoms with van der Waals surface area (Å²) in [5.41, 5.74) is 35.3. The van der Waals surface area contributed by atoms with Crippen molar-refractivity contribution in [3.8, 4) is 84.2 Å². The first kappa shape index (κ1) is 75.6. The zero-order chi connectivity index (χ0) is 82.5. The summed E-state index contributed by atoms with van der Waals surface area (Å²) in [5, 5.41) is 15.5. The van der Waals surface area contributed by atoms with E-state index in [9.17, 15) is 5.26 Å². The molecule has 6 nitrogen and oxygen atoms in total. The molecule has 0 bridgehead atoms. The van der Waals surface area contributed by atoms with E-state index < -0.39 is 5.41 Å². The SMILES string of the molecule is [C-]#[N+]c1cccc(-c2cc(-c3ccc(C(C)(C)C)cc3)c(N3c4cc(-n5c6ccccc6c6ccccc65)ccc4B4c5ccc(-n6c7ccccc7c7ccccc76)cc5N(c5c(-c6ccc(C(C)(C)C)cc6)cc(-c6cccc(C#N)c6)cc5-c5ccc(C(C)(C)C)cc5)c5cc(C(C)(C)C)cc3c54)c(-c3ccc(C(C)(C)C)cc3)c2)c1. The Morgan fingerprint density at radius 1 is 0.286 bits per heavy atom. The predicted octanol–water partition coefficient (Wildman–Crippen LogP) is 28.9. The van der Waals surface area contributed by atoms with E-state index in [1.54, 1.807) is 0 Å². The third-order valence-corrected chi connectivity index (χ3v) is 25.1. The van der Waals surface area contributed by atoms with Crippen LogP contribution in [0.15, 0.2) is 315 Å². The van der Waals surface area contributed by atoms with Crippen molar-refractivity contribution in [3.63, 3.8) is 0 Å². The Kier molecular flexibility index (Phi) is 17.9. The van der Waals surface area contributed by atoms with Crippen molar-refractivity contribution < 1.29 is 0 Å². The van der Waals surface area contributed by atoms with Gasteiger partial charge in [-0.3, -0.25) is 0 Å². The van der Waals surface area contributed by atoms with E-state index in [4.69, 9.17) is 6.57 Å². The fourth-order valence-electron chi connectivity index (χ4n) is 18.6. The molecule has 0 spiro atoms. The molecule has 0 amide bonds. The number of aromatic nitrogens is 2. The number of rotatable bonds is 10. The van der Waals surface area contributed by atoms with Gasteiger partial charge in [0.25, 0.3) is 6.71 Å². The molecule has 0 fully saturated rings. The second-order valence-electron chi connectivity index (χ2n) is 38.0. The Hall–Kier alpha value is -13.5. The van der Waals surface area contributed by atoms with E-state index in [1.807, 2.05) is 30.3 Å². The van der Waals surface area contributed by atoms with Gasteiger partial charge < -0.3 is 18.9 Å². The Bertz CT molecular complexity index is 6380. The van der Waals surface area contributed by atoms with Gasteiger partial charge in [0, 0.05) is 77.9 Å². The van der Waals surface area contributed by atoms with Crippen LogP contribution in [0.5, 0.6) is 0 Å². The number of benzene rings is 15. The van der Waals surface area contributed by atoms with Crippen molar-refractivity contribution in [2.45, 2.75) is 131 Å². The average molecular weight is 1540 g/mol. The van der Waals surface area contributed by atoms with Crippen LogP contribution in [0.1, 0.15) is 137 Å². The van der Waals surface area contributed by atoms with Crippen molar-refractivity contribution in [2.24, 2.45) is 0 Å². The van der Waals surface area contributed by atoms with Crippen molar-refractivity contribution in [3.05, 3.63) is 360 Å². The van der Waals surface area contributed by atoms with Crippen LogP contribution >= 0.6 is 0 Å². The molecule has 2 aliphatic heterocycles. The zero-order valence-electron chi connectivity index (χ0n) is 70.8. The molecule has 0 unspecified atom stereocenters. The average Bonchev–Trinajstić information content (AvgIpc) is 0.883. The monoisotopic (exact) mass is 1540 g/mol. The fourth-order valence-corrected chi connectivity index (χ4v) is 18.6. The molecule has 0 atom stereocenters. The number of anilines is 6. The number of nitrogens with zero attached hydrogens (tertiary/aromatic N) is 6. The molecule has 4 heterocycles. The van der Waals surface area contributed by atoms with Crippen LogP contribution in [-0.2, 0) is 27.1 Å². The molecule has 17 aromatic rings. The molecule has 2 aliphatic rings. The van der Waals surface area contributed by atoms with E-state index in [0.717, 1.165) is 145 Å². The first-order valence-corrected chi connectivity index (χ1v) is 41.9. The van der Waals surface area contributed by atoms with Gasteiger partial charge in [0.1, 0.15) is 0 Å². The van der Waals surface area contributed by atoms with E-state index >= 15 is 0 Å². The number of fused-ring (bicyclic) bond motifs is 10. The number of para-hydroxylation sites is 4. The molecule has 0 saturated carbocycles. The summed E-state index contributed by atoms with van der Waals surface area (Å²) in [6, 6.07) is 121. The standard InChI is InChI=1S/C112H97BN6/c1-108(2,3)79-47-39-71(40-48-79)91-61-77(75-28-25-27-70(59-75)69-114)62-92(72-41-49-80(50-42-72)109(4,5)6)106(91)118-101-67-85(116-97-35-21-17-31-87(97)88-32-18-22-36-98(88)116)55-57-95(101)113-96-58-56-86(117-99-37-23-19-33-89(99)90-34-20-24-38-100(90)117)68-102(96)119(104-66-83(112(13,14)15)65-103(118)105(104)113)107-93(73-43-51-81(52-44-73)110(7,8)9)63-78(76-29-26-30-84(60-76)115-16)64-94(107)74-45-53-82(54-46-74)111(10,11)12/h17-68H,1-15H3. The van der Waals surface area contributed by atoms with Crippen LogP contribution in [0.3, 0.4) is 0 Å². The summed E-state index contributed by atoms with van der Waals surface area (Å²) >= 11 is 0. The maximum Gasteiger partial charge on any atom is 0.252 e. The van der Waals surface area contributed by atoms with Gasteiger partial charge >= 0.3 is 0 Å². The van der Waals surface area contributed by atoms with Gasteiger partial charge in [-0.15, -0.1) is 0 Å². The quantitative estimate of drug-likeness (QED) is 0.101. The molecule has 15 aromatic carbocycles. The number of hydrogen-bond acceptors (Lipinski definition) is 3. The first-order valence-electron chi connectivity index (χ1n) is 41.9.